The molecule has 1 fully saturated rings. The van der Waals surface area contributed by atoms with E-state index in [4.69, 9.17) is 4.74 Å². The molecule has 0 bridgehead atoms. The fourth-order valence-corrected chi connectivity index (χ4v) is 1.02. The Balaban J connectivity index is 2.03. The highest BCUT2D eigenvalue weighted by Crippen LogP contribution is 2.29. The Kier molecular flexibility index (Phi) is 2.12. The molecule has 0 unspecified atom stereocenters. The largest absolute Gasteiger partial charge is 0.475 e. The van der Waals surface area contributed by atoms with Gasteiger partial charge in [-0.3, -0.25) is 0 Å². The van der Waals surface area contributed by atoms with Gasteiger partial charge in [-0.05, 0) is 25.7 Å². The lowest BCUT2D eigenvalue weighted by Gasteiger charge is -2.04. The lowest BCUT2D eigenvalue weighted by atomic mass is 10.5. The Morgan fingerprint density at radius 2 is 2.38 bits per heavy atom. The molecule has 1 aliphatic rings. The first-order valence-corrected chi connectivity index (χ1v) is 4.37. The van der Waals surface area contributed by atoms with Crippen LogP contribution in [0.3, 0.4) is 0 Å². The lowest BCUT2D eigenvalue weighted by Crippen LogP contribution is -2.04. The van der Waals surface area contributed by atoms with Gasteiger partial charge in [0.05, 0.1) is 12.8 Å². The third-order valence-electron chi connectivity index (χ3n) is 1.99. The van der Waals surface area contributed by atoms with Crippen molar-refractivity contribution in [1.29, 1.82) is 0 Å². The normalized spacial score (nSPS) is 15.8. The van der Waals surface area contributed by atoms with Crippen molar-refractivity contribution in [3.63, 3.8) is 0 Å². The molecule has 0 N–H and O–H groups in total. The van der Waals surface area contributed by atoms with Gasteiger partial charge in [-0.1, -0.05) is 0 Å². The molecule has 0 aromatic carbocycles. The Morgan fingerprint density at radius 3 is 3.08 bits per heavy atom. The van der Waals surface area contributed by atoms with E-state index in [1.165, 1.54) is 12.8 Å². The van der Waals surface area contributed by atoms with Crippen LogP contribution in [0.25, 0.3) is 0 Å². The summed E-state index contributed by atoms with van der Waals surface area (Å²) in [5, 5.41) is 0. The Bertz CT molecular complexity index is 312. The monoisotopic (exact) mass is 182 g/mol. The number of aromatic nitrogens is 2. The van der Waals surface area contributed by atoms with Crippen LogP contribution in [0.2, 0.25) is 0 Å². The summed E-state index contributed by atoms with van der Waals surface area (Å²) >= 11 is 0. The van der Waals surface area contributed by atoms with Crippen LogP contribution in [-0.2, 0) is 0 Å². The summed E-state index contributed by atoms with van der Waals surface area (Å²) in [6.07, 6.45) is 3.52. The van der Waals surface area contributed by atoms with Gasteiger partial charge in [0.25, 0.3) is 5.88 Å². The minimum absolute atomic E-state index is 0.0828. The average molecular weight is 182 g/mol. The lowest BCUT2D eigenvalue weighted by molar-refractivity contribution is 0.271. The van der Waals surface area contributed by atoms with Crippen LogP contribution < -0.4 is 4.74 Å². The van der Waals surface area contributed by atoms with Crippen molar-refractivity contribution in [1.82, 2.24) is 9.97 Å². The molecule has 0 aliphatic heterocycles. The minimum atomic E-state index is -0.480. The SMILES string of the molecule is Cc1ncc(F)c(OCC2CC2)n1. The van der Waals surface area contributed by atoms with Crippen LogP contribution in [0.4, 0.5) is 4.39 Å². The van der Waals surface area contributed by atoms with Crippen molar-refractivity contribution in [2.75, 3.05) is 6.61 Å². The van der Waals surface area contributed by atoms with E-state index in [0.717, 1.165) is 6.20 Å². The zero-order chi connectivity index (χ0) is 9.26. The van der Waals surface area contributed by atoms with Crippen LogP contribution in [0.1, 0.15) is 18.7 Å². The van der Waals surface area contributed by atoms with Gasteiger partial charge in [0.1, 0.15) is 5.82 Å². The van der Waals surface area contributed by atoms with Crippen molar-refractivity contribution in [3.8, 4) is 5.88 Å². The summed E-state index contributed by atoms with van der Waals surface area (Å²) in [7, 11) is 0. The van der Waals surface area contributed by atoms with Crippen molar-refractivity contribution >= 4 is 0 Å². The number of halogens is 1. The van der Waals surface area contributed by atoms with Gasteiger partial charge in [0.15, 0.2) is 0 Å². The first kappa shape index (κ1) is 8.41. The third kappa shape index (κ3) is 2.14. The molecule has 3 nitrogen and oxygen atoms in total. The van der Waals surface area contributed by atoms with Gasteiger partial charge in [-0.25, -0.2) is 4.98 Å². The molecule has 1 saturated carbocycles. The summed E-state index contributed by atoms with van der Waals surface area (Å²) < 4.78 is 18.2. The fourth-order valence-electron chi connectivity index (χ4n) is 1.02. The molecule has 0 amide bonds. The van der Waals surface area contributed by atoms with Crippen LogP contribution in [0.15, 0.2) is 6.20 Å². The molecular formula is C9H11FN2O. The van der Waals surface area contributed by atoms with Crippen LogP contribution in [0, 0.1) is 18.7 Å². The van der Waals surface area contributed by atoms with Gasteiger partial charge >= 0.3 is 0 Å². The van der Waals surface area contributed by atoms with Gasteiger partial charge in [0, 0.05) is 0 Å². The quantitative estimate of drug-likeness (QED) is 0.713. The molecule has 1 aliphatic carbocycles. The van der Waals surface area contributed by atoms with E-state index in [1.807, 2.05) is 0 Å². The topological polar surface area (TPSA) is 35.0 Å². The smallest absolute Gasteiger partial charge is 0.253 e. The highest BCUT2D eigenvalue weighted by molar-refractivity contribution is 5.11. The second-order valence-corrected chi connectivity index (χ2v) is 3.32. The second kappa shape index (κ2) is 3.28. The van der Waals surface area contributed by atoms with E-state index in [0.29, 0.717) is 18.3 Å². The summed E-state index contributed by atoms with van der Waals surface area (Å²) in [5.74, 6) is 0.743. The highest BCUT2D eigenvalue weighted by Gasteiger charge is 2.22. The maximum Gasteiger partial charge on any atom is 0.253 e. The zero-order valence-electron chi connectivity index (χ0n) is 7.46. The zero-order valence-corrected chi connectivity index (χ0v) is 7.46. The maximum absolute atomic E-state index is 13.0. The Morgan fingerprint density at radius 1 is 1.62 bits per heavy atom. The summed E-state index contributed by atoms with van der Waals surface area (Å²) in [5.41, 5.74) is 0. The predicted octanol–water partition coefficient (Wildman–Crippen LogP) is 1.71. The van der Waals surface area contributed by atoms with Crippen LogP contribution >= 0.6 is 0 Å². The van der Waals surface area contributed by atoms with Crippen molar-refractivity contribution in [3.05, 3.63) is 17.8 Å². The molecular weight excluding hydrogens is 171 g/mol. The van der Waals surface area contributed by atoms with Gasteiger partial charge < -0.3 is 4.74 Å². The summed E-state index contributed by atoms with van der Waals surface area (Å²) in [6, 6.07) is 0. The molecule has 1 aromatic rings. The van der Waals surface area contributed by atoms with E-state index in [-0.39, 0.29) is 5.88 Å². The number of hydrogen-bond donors (Lipinski definition) is 0. The molecule has 13 heavy (non-hydrogen) atoms. The molecule has 2 rings (SSSR count). The number of ether oxygens (including phenoxy) is 1. The van der Waals surface area contributed by atoms with E-state index < -0.39 is 5.82 Å². The van der Waals surface area contributed by atoms with Crippen molar-refractivity contribution in [2.24, 2.45) is 5.92 Å². The molecule has 4 heteroatoms. The second-order valence-electron chi connectivity index (χ2n) is 3.32. The average Bonchev–Trinajstić information content (AvgIpc) is 2.90. The van der Waals surface area contributed by atoms with E-state index in [9.17, 15) is 4.39 Å². The predicted molar refractivity (Wildman–Crippen MR) is 44.9 cm³/mol. The Hall–Kier alpha value is -1.19. The van der Waals surface area contributed by atoms with E-state index in [2.05, 4.69) is 9.97 Å². The van der Waals surface area contributed by atoms with E-state index >= 15 is 0 Å². The van der Waals surface area contributed by atoms with E-state index in [1.54, 1.807) is 6.92 Å². The fraction of sp³-hybridized carbons (Fsp3) is 0.556. The molecule has 0 saturated heterocycles. The first-order valence-electron chi connectivity index (χ1n) is 4.37. The first-order chi connectivity index (χ1) is 6.25. The number of rotatable bonds is 3. The minimum Gasteiger partial charge on any atom is -0.475 e. The van der Waals surface area contributed by atoms with Gasteiger partial charge in [0.2, 0.25) is 5.82 Å². The molecule has 0 radical (unpaired) electrons. The van der Waals surface area contributed by atoms with Gasteiger partial charge in [-0.2, -0.15) is 9.37 Å². The molecule has 70 valence electrons. The van der Waals surface area contributed by atoms with Crippen LogP contribution in [0.5, 0.6) is 5.88 Å². The number of nitrogens with zero attached hydrogens (tertiary/aromatic N) is 2. The summed E-state index contributed by atoms with van der Waals surface area (Å²) in [6.45, 7) is 2.29. The number of hydrogen-bond acceptors (Lipinski definition) is 3. The van der Waals surface area contributed by atoms with Gasteiger partial charge in [-0.15, -0.1) is 0 Å². The Labute approximate surface area is 76.0 Å². The highest BCUT2D eigenvalue weighted by atomic mass is 19.1. The number of aryl methyl sites for hydroxylation is 1. The van der Waals surface area contributed by atoms with Crippen molar-refractivity contribution in [2.45, 2.75) is 19.8 Å². The summed E-state index contributed by atoms with van der Waals surface area (Å²) in [4.78, 5) is 7.58. The molecule has 1 aromatic heterocycles. The standard InChI is InChI=1S/C9H11FN2O/c1-6-11-4-8(10)9(12-6)13-5-7-2-3-7/h4,7H,2-3,5H2,1H3. The van der Waals surface area contributed by atoms with Crippen molar-refractivity contribution < 1.29 is 9.13 Å². The molecule has 0 spiro atoms. The third-order valence-corrected chi connectivity index (χ3v) is 1.99. The van der Waals surface area contributed by atoms with Crippen LogP contribution in [-0.4, -0.2) is 16.6 Å². The molecule has 1 heterocycles. The maximum atomic E-state index is 13.0. The molecule has 0 atom stereocenters.